The number of ether oxygens (including phenoxy) is 1. The molecular formula is C32H32ClF4N5O3S2. The van der Waals surface area contributed by atoms with Gasteiger partial charge in [0.1, 0.15) is 17.2 Å². The Bertz CT molecular complexity index is 1910. The van der Waals surface area contributed by atoms with Gasteiger partial charge in [-0.05, 0) is 58.4 Å². The number of aromatic nitrogens is 3. The first-order valence-electron chi connectivity index (χ1n) is 14.9. The minimum absolute atomic E-state index is 0.0585. The molecule has 6 rings (SSSR count). The highest BCUT2D eigenvalue weighted by Crippen LogP contribution is 2.50. The van der Waals surface area contributed by atoms with Gasteiger partial charge in [-0.25, -0.2) is 14.0 Å². The first-order chi connectivity index (χ1) is 22.0. The fourth-order valence-corrected chi connectivity index (χ4v) is 8.93. The largest absolute Gasteiger partial charge is 0.444 e. The molecule has 0 spiro atoms. The lowest BCUT2D eigenvalue weighted by Gasteiger charge is -2.45. The maximum absolute atomic E-state index is 15.0. The number of amides is 1. The molecule has 0 saturated carbocycles. The molecular weight excluding hydrogens is 678 g/mol. The number of alkyl halides is 3. The Morgan fingerprint density at radius 1 is 1.06 bits per heavy atom. The molecule has 0 N–H and O–H groups in total. The Morgan fingerprint density at radius 3 is 2.36 bits per heavy atom. The number of thiophene rings is 1. The lowest BCUT2D eigenvalue weighted by molar-refractivity contribution is -0.137. The van der Waals surface area contributed by atoms with Gasteiger partial charge in [0.05, 0.1) is 34.4 Å². The molecule has 0 unspecified atom stereocenters. The molecule has 3 atom stereocenters. The average Bonchev–Trinajstić information content (AvgIpc) is 3.28. The number of nitrogens with zero attached hydrogens (tertiary/aromatic N) is 5. The molecule has 0 aliphatic carbocycles. The Morgan fingerprint density at radius 2 is 1.77 bits per heavy atom. The van der Waals surface area contributed by atoms with Crippen LogP contribution in [0.3, 0.4) is 0 Å². The van der Waals surface area contributed by atoms with Gasteiger partial charge < -0.3 is 9.64 Å². The second-order valence-corrected chi connectivity index (χ2v) is 15.3. The van der Waals surface area contributed by atoms with Crippen LogP contribution < -0.4 is 10.6 Å². The third kappa shape index (κ3) is 6.56. The topological polar surface area (TPSA) is 80.6 Å². The third-order valence-electron chi connectivity index (χ3n) is 8.17. The zero-order valence-electron chi connectivity index (χ0n) is 26.2. The molecule has 0 bridgehead atoms. The minimum atomic E-state index is -4.76. The fraction of sp³-hybridized carbons (Fsp3) is 0.438. The summed E-state index contributed by atoms with van der Waals surface area (Å²) in [7, 11) is 0. The van der Waals surface area contributed by atoms with E-state index in [9.17, 15) is 27.2 Å². The number of benzene rings is 1. The summed E-state index contributed by atoms with van der Waals surface area (Å²) in [4.78, 5) is 39.3. The van der Waals surface area contributed by atoms with E-state index in [2.05, 4.69) is 9.97 Å². The van der Waals surface area contributed by atoms with Crippen LogP contribution in [-0.2, 0) is 17.5 Å². The molecule has 3 aromatic heterocycles. The Hall–Kier alpha value is -3.36. The standard InChI is InChI=1S/C32H32ClF4N5O3S2/c1-16-11-40(12-17(2)42(16)30(44)45-31(3,4)5)28-22-8-23(32(35,36)37)25(24-7-20(33)15-46-24)27-26(22)41(29(43)39-28)13-19(14-47-27)18-6-21(34)10-38-9-18/h6-10,15-17,19H,11-14H2,1-5H3/t16-,17+,19-/m0/s1. The van der Waals surface area contributed by atoms with E-state index < -0.39 is 52.9 Å². The van der Waals surface area contributed by atoms with Crippen molar-refractivity contribution in [2.45, 2.75) is 75.8 Å². The van der Waals surface area contributed by atoms with Gasteiger partial charge in [0.25, 0.3) is 0 Å². The van der Waals surface area contributed by atoms with Gasteiger partial charge in [0, 0.05) is 63.6 Å². The number of rotatable bonds is 3. The van der Waals surface area contributed by atoms with Crippen LogP contribution in [0.4, 0.5) is 28.2 Å². The van der Waals surface area contributed by atoms with Crippen molar-refractivity contribution in [2.75, 3.05) is 23.7 Å². The van der Waals surface area contributed by atoms with Gasteiger partial charge in [-0.15, -0.1) is 23.1 Å². The highest BCUT2D eigenvalue weighted by atomic mass is 35.5. The van der Waals surface area contributed by atoms with Crippen LogP contribution >= 0.6 is 34.7 Å². The Labute approximate surface area is 281 Å². The van der Waals surface area contributed by atoms with Gasteiger partial charge in [-0.1, -0.05) is 11.6 Å². The number of carbonyl (C=O) groups is 1. The van der Waals surface area contributed by atoms with Crippen molar-refractivity contribution in [1.82, 2.24) is 19.4 Å². The number of hydrogen-bond donors (Lipinski definition) is 0. The summed E-state index contributed by atoms with van der Waals surface area (Å²) in [5.41, 5.74) is -1.46. The SMILES string of the molecule is C[C@@H]1CN(c2nc(=O)n3c4c(c(-c5cc(Cl)cs5)c(C(F)(F)F)cc24)SC[C@@H](c2cncc(F)c2)C3)C[C@H](C)N1C(=O)OC(C)(C)C. The van der Waals surface area contributed by atoms with Crippen molar-refractivity contribution < 1.29 is 27.1 Å². The minimum Gasteiger partial charge on any atom is -0.444 e. The zero-order valence-corrected chi connectivity index (χ0v) is 28.6. The van der Waals surface area contributed by atoms with Crippen LogP contribution in [0.15, 0.2) is 45.7 Å². The van der Waals surface area contributed by atoms with Crippen molar-refractivity contribution >= 4 is 57.5 Å². The van der Waals surface area contributed by atoms with E-state index in [1.54, 1.807) is 36.0 Å². The second kappa shape index (κ2) is 12.3. The summed E-state index contributed by atoms with van der Waals surface area (Å²) in [5, 5.41) is 2.02. The molecule has 8 nitrogen and oxygen atoms in total. The van der Waals surface area contributed by atoms with E-state index in [1.807, 2.05) is 13.8 Å². The number of carbonyl (C=O) groups excluding carboxylic acids is 1. The number of hydrogen-bond acceptors (Lipinski definition) is 8. The smallest absolute Gasteiger partial charge is 0.417 e. The van der Waals surface area contributed by atoms with E-state index in [0.29, 0.717) is 21.0 Å². The van der Waals surface area contributed by atoms with Crippen LogP contribution in [0.2, 0.25) is 5.02 Å². The first-order valence-corrected chi connectivity index (χ1v) is 17.2. The average molecular weight is 710 g/mol. The summed E-state index contributed by atoms with van der Waals surface area (Å²) in [5.74, 6) is -0.636. The predicted octanol–water partition coefficient (Wildman–Crippen LogP) is 8.05. The second-order valence-electron chi connectivity index (χ2n) is 12.9. The van der Waals surface area contributed by atoms with E-state index in [-0.39, 0.29) is 47.1 Å². The molecule has 250 valence electrons. The summed E-state index contributed by atoms with van der Waals surface area (Å²) in [6, 6.07) is 3.07. The number of anilines is 1. The van der Waals surface area contributed by atoms with Crippen molar-refractivity contribution in [1.29, 1.82) is 0 Å². The van der Waals surface area contributed by atoms with E-state index in [4.69, 9.17) is 16.3 Å². The maximum atomic E-state index is 15.0. The van der Waals surface area contributed by atoms with E-state index in [0.717, 1.165) is 23.6 Å². The highest BCUT2D eigenvalue weighted by molar-refractivity contribution is 7.99. The number of thioether (sulfide) groups is 1. The van der Waals surface area contributed by atoms with Gasteiger partial charge in [0.15, 0.2) is 0 Å². The maximum Gasteiger partial charge on any atom is 0.417 e. The molecule has 4 aromatic rings. The Balaban J connectivity index is 1.55. The first kappa shape index (κ1) is 33.5. The molecule has 1 fully saturated rings. The summed E-state index contributed by atoms with van der Waals surface area (Å²) in [6.45, 7) is 9.44. The number of pyridine rings is 1. The lowest BCUT2D eigenvalue weighted by atomic mass is 9.99. The highest BCUT2D eigenvalue weighted by Gasteiger charge is 2.41. The zero-order chi connectivity index (χ0) is 34.0. The molecule has 1 amide bonds. The monoisotopic (exact) mass is 709 g/mol. The fourth-order valence-electron chi connectivity index (χ4n) is 6.34. The summed E-state index contributed by atoms with van der Waals surface area (Å²) >= 11 is 8.47. The molecule has 1 aromatic carbocycles. The summed E-state index contributed by atoms with van der Waals surface area (Å²) in [6.07, 6.45) is -2.68. The van der Waals surface area contributed by atoms with Gasteiger partial charge in [-0.3, -0.25) is 14.5 Å². The Kier molecular flexibility index (Phi) is 8.75. The van der Waals surface area contributed by atoms with Crippen LogP contribution in [0.25, 0.3) is 21.3 Å². The van der Waals surface area contributed by atoms with Gasteiger partial charge in [-0.2, -0.15) is 18.2 Å². The van der Waals surface area contributed by atoms with Crippen molar-refractivity contribution in [2.24, 2.45) is 0 Å². The molecule has 2 aliphatic rings. The van der Waals surface area contributed by atoms with Crippen LogP contribution in [0, 0.1) is 5.82 Å². The van der Waals surface area contributed by atoms with Crippen LogP contribution in [-0.4, -0.2) is 62.1 Å². The molecule has 0 radical (unpaired) electrons. The van der Waals surface area contributed by atoms with Crippen molar-refractivity contribution in [3.8, 4) is 10.4 Å². The molecule has 2 aliphatic heterocycles. The molecule has 5 heterocycles. The third-order valence-corrected chi connectivity index (χ3v) is 10.7. The van der Waals surface area contributed by atoms with Gasteiger partial charge >= 0.3 is 18.0 Å². The normalized spacial score (nSPS) is 20.4. The lowest BCUT2D eigenvalue weighted by Crippen LogP contribution is -2.59. The number of piperazine rings is 1. The van der Waals surface area contributed by atoms with Crippen molar-refractivity contribution in [3.05, 3.63) is 68.4 Å². The number of halogens is 5. The predicted molar refractivity (Wildman–Crippen MR) is 176 cm³/mol. The molecule has 15 heteroatoms. The van der Waals surface area contributed by atoms with E-state index >= 15 is 0 Å². The molecule has 47 heavy (non-hydrogen) atoms. The van der Waals surface area contributed by atoms with Gasteiger partial charge in [0.2, 0.25) is 0 Å². The summed E-state index contributed by atoms with van der Waals surface area (Å²) < 4.78 is 66.2. The van der Waals surface area contributed by atoms with Crippen molar-refractivity contribution in [3.63, 3.8) is 0 Å². The molecule has 1 saturated heterocycles. The quantitative estimate of drug-likeness (QED) is 0.199. The van der Waals surface area contributed by atoms with Crippen LogP contribution in [0.1, 0.15) is 51.7 Å². The van der Waals surface area contributed by atoms with E-state index in [1.165, 1.54) is 34.7 Å². The van der Waals surface area contributed by atoms with Crippen LogP contribution in [0.5, 0.6) is 0 Å².